The van der Waals surface area contributed by atoms with Crippen molar-refractivity contribution in [2.45, 2.75) is 51.5 Å². The van der Waals surface area contributed by atoms with Gasteiger partial charge in [0.1, 0.15) is 5.84 Å². The molecule has 20 heavy (non-hydrogen) atoms. The fraction of sp³-hybridized carbons (Fsp3) is 0.923. The summed E-state index contributed by atoms with van der Waals surface area (Å²) < 4.78 is 31.9. The summed E-state index contributed by atoms with van der Waals surface area (Å²) in [5.41, 5.74) is 4.78. The molecule has 0 aliphatic heterocycles. The molecule has 7 heteroatoms. The zero-order valence-corrected chi connectivity index (χ0v) is 13.3. The average Bonchev–Trinajstić information content (AvgIpc) is 2.39. The zero-order chi connectivity index (χ0) is 15.2. The number of hydrogen-bond donors (Lipinski definition) is 3. The standard InChI is InChI=1S/C13H27N3O3S/c1-3-11-5-7-13(8-6-11,12(14)15)16-20(17,18)10-9-19-4-2/h11,16H,3-10H2,1-2H3,(H3,14,15). The van der Waals surface area contributed by atoms with Crippen molar-refractivity contribution in [3.05, 3.63) is 0 Å². The Bertz CT molecular complexity index is 415. The molecule has 0 radical (unpaired) electrons. The van der Waals surface area contributed by atoms with Crippen LogP contribution in [0.2, 0.25) is 0 Å². The number of rotatable bonds is 8. The molecule has 1 fully saturated rings. The fourth-order valence-corrected chi connectivity index (χ4v) is 4.02. The van der Waals surface area contributed by atoms with E-state index in [0.29, 0.717) is 25.4 Å². The largest absolute Gasteiger partial charge is 0.386 e. The molecule has 6 nitrogen and oxygen atoms in total. The van der Waals surface area contributed by atoms with Crippen molar-refractivity contribution in [2.24, 2.45) is 11.7 Å². The lowest BCUT2D eigenvalue weighted by Crippen LogP contribution is -2.59. The van der Waals surface area contributed by atoms with Gasteiger partial charge in [-0.2, -0.15) is 0 Å². The van der Waals surface area contributed by atoms with Crippen molar-refractivity contribution >= 4 is 15.9 Å². The Balaban J connectivity index is 2.70. The molecule has 4 N–H and O–H groups in total. The number of amidine groups is 1. The molecule has 0 amide bonds. The van der Waals surface area contributed by atoms with E-state index < -0.39 is 15.6 Å². The van der Waals surface area contributed by atoms with Gasteiger partial charge in [0.15, 0.2) is 0 Å². The van der Waals surface area contributed by atoms with Crippen molar-refractivity contribution in [1.82, 2.24) is 4.72 Å². The van der Waals surface area contributed by atoms with E-state index >= 15 is 0 Å². The molecule has 0 saturated heterocycles. The van der Waals surface area contributed by atoms with E-state index in [1.807, 2.05) is 6.92 Å². The monoisotopic (exact) mass is 305 g/mol. The molecule has 118 valence electrons. The lowest BCUT2D eigenvalue weighted by molar-refractivity contribution is 0.163. The molecule has 0 spiro atoms. The molecule has 1 rings (SSSR count). The zero-order valence-electron chi connectivity index (χ0n) is 12.4. The van der Waals surface area contributed by atoms with Crippen LogP contribution in [0.25, 0.3) is 0 Å². The highest BCUT2D eigenvalue weighted by molar-refractivity contribution is 7.89. The highest BCUT2D eigenvalue weighted by atomic mass is 32.2. The molecule has 1 saturated carbocycles. The number of nitrogens with one attached hydrogen (secondary N) is 2. The Kier molecular flexibility index (Phi) is 6.42. The van der Waals surface area contributed by atoms with Gasteiger partial charge in [-0.05, 0) is 38.5 Å². The van der Waals surface area contributed by atoms with Gasteiger partial charge >= 0.3 is 0 Å². The molecular formula is C13H27N3O3S. The summed E-state index contributed by atoms with van der Waals surface area (Å²) in [6.45, 7) is 4.61. The topological polar surface area (TPSA) is 105 Å². The van der Waals surface area contributed by atoms with Crippen molar-refractivity contribution in [1.29, 1.82) is 5.41 Å². The van der Waals surface area contributed by atoms with Crippen molar-refractivity contribution in [3.63, 3.8) is 0 Å². The van der Waals surface area contributed by atoms with Crippen LogP contribution in [-0.2, 0) is 14.8 Å². The van der Waals surface area contributed by atoms with Crippen LogP contribution in [-0.4, -0.2) is 38.8 Å². The lowest BCUT2D eigenvalue weighted by atomic mass is 9.75. The van der Waals surface area contributed by atoms with Crippen LogP contribution < -0.4 is 10.5 Å². The predicted octanol–water partition coefficient (Wildman–Crippen LogP) is 1.22. The maximum Gasteiger partial charge on any atom is 0.214 e. The SMILES string of the molecule is CCOCCS(=O)(=O)NC1(C(=N)N)CCC(CC)CC1. The summed E-state index contributed by atoms with van der Waals surface area (Å²) in [7, 11) is -3.48. The smallest absolute Gasteiger partial charge is 0.214 e. The van der Waals surface area contributed by atoms with Crippen LogP contribution in [0.5, 0.6) is 0 Å². The van der Waals surface area contributed by atoms with Crippen molar-refractivity contribution < 1.29 is 13.2 Å². The van der Waals surface area contributed by atoms with Crippen molar-refractivity contribution in [3.8, 4) is 0 Å². The van der Waals surface area contributed by atoms with Crippen LogP contribution in [0.4, 0.5) is 0 Å². The van der Waals surface area contributed by atoms with Crippen LogP contribution in [0, 0.1) is 11.3 Å². The van der Waals surface area contributed by atoms with E-state index in [4.69, 9.17) is 15.9 Å². The molecule has 1 aliphatic carbocycles. The van der Waals surface area contributed by atoms with Crippen LogP contribution >= 0.6 is 0 Å². The summed E-state index contributed by atoms with van der Waals surface area (Å²) in [6.07, 6.45) is 4.11. The normalized spacial score (nSPS) is 27.4. The van der Waals surface area contributed by atoms with Gasteiger partial charge in [-0.3, -0.25) is 5.41 Å². The quantitative estimate of drug-likeness (QED) is 0.356. The predicted molar refractivity (Wildman–Crippen MR) is 80.3 cm³/mol. The van der Waals surface area contributed by atoms with Crippen LogP contribution in [0.1, 0.15) is 46.0 Å². The van der Waals surface area contributed by atoms with Crippen LogP contribution in [0.15, 0.2) is 0 Å². The van der Waals surface area contributed by atoms with E-state index in [1.165, 1.54) is 0 Å². The molecule has 0 aromatic heterocycles. The first-order valence-electron chi connectivity index (χ1n) is 7.29. The summed E-state index contributed by atoms with van der Waals surface area (Å²) in [5.74, 6) is 0.440. The van der Waals surface area contributed by atoms with E-state index in [1.54, 1.807) is 0 Å². The third-order valence-electron chi connectivity index (χ3n) is 4.10. The molecule has 0 aromatic carbocycles. The first kappa shape index (κ1) is 17.4. The lowest BCUT2D eigenvalue weighted by Gasteiger charge is -2.39. The van der Waals surface area contributed by atoms with Gasteiger partial charge in [0, 0.05) is 6.61 Å². The Hall–Kier alpha value is -0.660. The first-order valence-corrected chi connectivity index (χ1v) is 8.94. The van der Waals surface area contributed by atoms with Gasteiger partial charge < -0.3 is 10.5 Å². The molecule has 0 heterocycles. The minimum atomic E-state index is -3.48. The fourth-order valence-electron chi connectivity index (χ4n) is 2.67. The molecule has 0 unspecified atom stereocenters. The Morgan fingerprint density at radius 3 is 2.45 bits per heavy atom. The van der Waals surface area contributed by atoms with Crippen molar-refractivity contribution in [2.75, 3.05) is 19.0 Å². The molecular weight excluding hydrogens is 278 g/mol. The van der Waals surface area contributed by atoms with Crippen LogP contribution in [0.3, 0.4) is 0 Å². The second-order valence-electron chi connectivity index (χ2n) is 5.47. The highest BCUT2D eigenvalue weighted by Crippen LogP contribution is 2.34. The number of hydrogen-bond acceptors (Lipinski definition) is 4. The van der Waals surface area contributed by atoms with Gasteiger partial charge in [0.05, 0.1) is 17.9 Å². The van der Waals surface area contributed by atoms with Gasteiger partial charge in [-0.1, -0.05) is 13.3 Å². The van der Waals surface area contributed by atoms with E-state index in [-0.39, 0.29) is 18.2 Å². The Morgan fingerprint density at radius 2 is 2.00 bits per heavy atom. The maximum absolute atomic E-state index is 12.1. The second kappa shape index (κ2) is 7.38. The molecule has 1 aliphatic rings. The van der Waals surface area contributed by atoms with E-state index in [0.717, 1.165) is 19.3 Å². The first-order chi connectivity index (χ1) is 9.35. The van der Waals surface area contributed by atoms with Gasteiger partial charge in [0.2, 0.25) is 10.0 Å². The summed E-state index contributed by atoms with van der Waals surface area (Å²) in [6, 6.07) is 0. The summed E-state index contributed by atoms with van der Waals surface area (Å²) >= 11 is 0. The second-order valence-corrected chi connectivity index (χ2v) is 7.31. The summed E-state index contributed by atoms with van der Waals surface area (Å²) in [4.78, 5) is 0. The van der Waals surface area contributed by atoms with E-state index in [2.05, 4.69) is 11.6 Å². The Morgan fingerprint density at radius 1 is 1.40 bits per heavy atom. The third kappa shape index (κ3) is 4.71. The minimum absolute atomic E-state index is 0.0768. The molecule has 0 atom stereocenters. The number of ether oxygens (including phenoxy) is 1. The van der Waals surface area contributed by atoms with Gasteiger partial charge in [-0.25, -0.2) is 13.1 Å². The van der Waals surface area contributed by atoms with Gasteiger partial charge in [0.25, 0.3) is 0 Å². The maximum atomic E-state index is 12.1. The number of sulfonamides is 1. The molecule has 0 aromatic rings. The van der Waals surface area contributed by atoms with E-state index in [9.17, 15) is 8.42 Å². The van der Waals surface area contributed by atoms with Gasteiger partial charge in [-0.15, -0.1) is 0 Å². The number of nitrogens with two attached hydrogens (primary N) is 1. The average molecular weight is 305 g/mol. The molecule has 0 bridgehead atoms. The highest BCUT2D eigenvalue weighted by Gasteiger charge is 2.40. The third-order valence-corrected chi connectivity index (χ3v) is 5.51. The Labute approximate surface area is 122 Å². The summed E-state index contributed by atoms with van der Waals surface area (Å²) in [5, 5.41) is 7.77. The minimum Gasteiger partial charge on any atom is -0.386 e.